The van der Waals surface area contributed by atoms with Gasteiger partial charge in [-0.25, -0.2) is 0 Å². The smallest absolute Gasteiger partial charge is 0.236 e. The van der Waals surface area contributed by atoms with Crippen molar-refractivity contribution in [1.29, 1.82) is 0 Å². The molecule has 2 aliphatic heterocycles. The van der Waals surface area contributed by atoms with Crippen molar-refractivity contribution in [2.24, 2.45) is 11.8 Å². The molecule has 1 N–H and O–H groups in total. The lowest BCUT2D eigenvalue weighted by molar-refractivity contribution is -0.133. The van der Waals surface area contributed by atoms with Gasteiger partial charge < -0.3 is 15.1 Å². The molecule has 0 unspecified atom stereocenters. The van der Waals surface area contributed by atoms with Gasteiger partial charge in [0.05, 0.1) is 6.54 Å². The first-order valence-electron chi connectivity index (χ1n) is 8.98. The van der Waals surface area contributed by atoms with E-state index in [2.05, 4.69) is 5.32 Å². The summed E-state index contributed by atoms with van der Waals surface area (Å²) in [5.41, 5.74) is 0. The average molecular weight is 344 g/mol. The van der Waals surface area contributed by atoms with E-state index in [4.69, 9.17) is 0 Å². The molecule has 0 atom stereocenters. The molecule has 2 amide bonds. The fourth-order valence-electron chi connectivity index (χ4n) is 3.55. The van der Waals surface area contributed by atoms with E-state index in [-0.39, 0.29) is 18.3 Å². The molecule has 0 radical (unpaired) electrons. The van der Waals surface area contributed by atoms with Gasteiger partial charge in [-0.3, -0.25) is 9.59 Å². The zero-order chi connectivity index (χ0) is 15.4. The van der Waals surface area contributed by atoms with Gasteiger partial charge in [0.2, 0.25) is 11.8 Å². The number of piperidine rings is 1. The van der Waals surface area contributed by atoms with Gasteiger partial charge in [0, 0.05) is 32.6 Å². The quantitative estimate of drug-likeness (QED) is 0.798. The highest BCUT2D eigenvalue weighted by Gasteiger charge is 2.27. The molecule has 1 aliphatic carbocycles. The molecule has 1 saturated carbocycles. The zero-order valence-electron chi connectivity index (χ0n) is 14.0. The van der Waals surface area contributed by atoms with Crippen LogP contribution in [0.15, 0.2) is 0 Å². The Morgan fingerprint density at radius 1 is 0.826 bits per heavy atom. The summed E-state index contributed by atoms with van der Waals surface area (Å²) in [4.78, 5) is 28.3. The second-order valence-corrected chi connectivity index (χ2v) is 7.19. The highest BCUT2D eigenvalue weighted by molar-refractivity contribution is 5.85. The number of rotatable bonds is 6. The predicted molar refractivity (Wildman–Crippen MR) is 92.6 cm³/mol. The van der Waals surface area contributed by atoms with Gasteiger partial charge >= 0.3 is 0 Å². The van der Waals surface area contributed by atoms with Gasteiger partial charge in [-0.2, -0.15) is 0 Å². The number of carbonyl (C=O) groups excluding carboxylic acids is 2. The van der Waals surface area contributed by atoms with Crippen LogP contribution in [0.5, 0.6) is 0 Å². The molecule has 3 rings (SSSR count). The van der Waals surface area contributed by atoms with Gasteiger partial charge in [0.15, 0.2) is 0 Å². The molecule has 0 aromatic heterocycles. The van der Waals surface area contributed by atoms with Crippen LogP contribution >= 0.6 is 12.4 Å². The molecule has 2 heterocycles. The topological polar surface area (TPSA) is 52.7 Å². The van der Waals surface area contributed by atoms with Crippen LogP contribution in [-0.4, -0.2) is 60.9 Å². The number of likely N-dealkylation sites (tertiary alicyclic amines) is 2. The van der Waals surface area contributed by atoms with Gasteiger partial charge in [-0.1, -0.05) is 0 Å². The summed E-state index contributed by atoms with van der Waals surface area (Å²) in [7, 11) is 0. The predicted octanol–water partition coefficient (Wildman–Crippen LogP) is 1.66. The SMILES string of the molecule is Cl.O=C(CNCC1CC1)N1CCC(CC(=O)N2CCCC2)CC1. The van der Waals surface area contributed by atoms with Crippen LogP contribution in [0.3, 0.4) is 0 Å². The van der Waals surface area contributed by atoms with Crippen LogP contribution in [0, 0.1) is 11.8 Å². The van der Waals surface area contributed by atoms with Crippen molar-refractivity contribution in [3.8, 4) is 0 Å². The zero-order valence-corrected chi connectivity index (χ0v) is 14.8. The maximum atomic E-state index is 12.2. The summed E-state index contributed by atoms with van der Waals surface area (Å²) >= 11 is 0. The van der Waals surface area contributed by atoms with Crippen molar-refractivity contribution in [2.45, 2.75) is 44.9 Å². The van der Waals surface area contributed by atoms with Crippen LogP contribution in [0.1, 0.15) is 44.9 Å². The average Bonchev–Trinajstić information content (AvgIpc) is 3.18. The fraction of sp³-hybridized carbons (Fsp3) is 0.882. The van der Waals surface area contributed by atoms with E-state index in [0.29, 0.717) is 24.8 Å². The molecule has 0 aromatic carbocycles. The number of halogens is 1. The first kappa shape index (κ1) is 18.5. The Labute approximate surface area is 145 Å². The molecule has 2 saturated heterocycles. The van der Waals surface area contributed by atoms with Crippen LogP contribution in [-0.2, 0) is 9.59 Å². The van der Waals surface area contributed by atoms with Gasteiger partial charge in [-0.05, 0) is 56.9 Å². The van der Waals surface area contributed by atoms with Gasteiger partial charge in [-0.15, -0.1) is 12.4 Å². The number of carbonyl (C=O) groups is 2. The van der Waals surface area contributed by atoms with Gasteiger partial charge in [0.25, 0.3) is 0 Å². The maximum Gasteiger partial charge on any atom is 0.236 e. The lowest BCUT2D eigenvalue weighted by Gasteiger charge is -2.32. The first-order valence-corrected chi connectivity index (χ1v) is 8.98. The van der Waals surface area contributed by atoms with E-state index in [1.165, 1.54) is 12.8 Å². The minimum atomic E-state index is 0. The van der Waals surface area contributed by atoms with E-state index in [1.807, 2.05) is 9.80 Å². The Morgan fingerprint density at radius 2 is 1.43 bits per heavy atom. The number of nitrogens with zero attached hydrogens (tertiary/aromatic N) is 2. The molecule has 5 nitrogen and oxygen atoms in total. The monoisotopic (exact) mass is 343 g/mol. The van der Waals surface area contributed by atoms with E-state index < -0.39 is 0 Å². The lowest BCUT2D eigenvalue weighted by Crippen LogP contribution is -2.44. The standard InChI is InChI=1S/C17H29N3O2.ClH/c21-16(19-7-1-2-8-19)11-14-5-9-20(10-6-14)17(22)13-18-12-15-3-4-15;/h14-15,18H,1-13H2;1H. The Kier molecular flexibility index (Phi) is 7.15. The van der Waals surface area contributed by atoms with Crippen molar-refractivity contribution in [3.63, 3.8) is 0 Å². The second kappa shape index (κ2) is 8.88. The molecule has 0 bridgehead atoms. The lowest BCUT2D eigenvalue weighted by atomic mass is 9.93. The van der Waals surface area contributed by atoms with Gasteiger partial charge in [0.1, 0.15) is 0 Å². The molecular formula is C17H30ClN3O2. The van der Waals surface area contributed by atoms with E-state index >= 15 is 0 Å². The number of hydrogen-bond acceptors (Lipinski definition) is 3. The number of amides is 2. The highest BCUT2D eigenvalue weighted by Crippen LogP contribution is 2.27. The molecule has 132 valence electrons. The fourth-order valence-corrected chi connectivity index (χ4v) is 3.55. The number of hydrogen-bond donors (Lipinski definition) is 1. The molecule has 6 heteroatoms. The summed E-state index contributed by atoms with van der Waals surface area (Å²) in [6.45, 7) is 5.01. The Morgan fingerprint density at radius 3 is 2.04 bits per heavy atom. The van der Waals surface area contributed by atoms with E-state index in [9.17, 15) is 9.59 Å². The third-order valence-electron chi connectivity index (χ3n) is 5.30. The number of nitrogens with one attached hydrogen (secondary N) is 1. The van der Waals surface area contributed by atoms with Crippen molar-refractivity contribution in [1.82, 2.24) is 15.1 Å². The highest BCUT2D eigenvalue weighted by atomic mass is 35.5. The van der Waals surface area contributed by atoms with Crippen LogP contribution in [0.25, 0.3) is 0 Å². The summed E-state index contributed by atoms with van der Waals surface area (Å²) in [6, 6.07) is 0. The third-order valence-corrected chi connectivity index (χ3v) is 5.30. The van der Waals surface area contributed by atoms with Crippen LogP contribution in [0.4, 0.5) is 0 Å². The van der Waals surface area contributed by atoms with Crippen molar-refractivity contribution in [2.75, 3.05) is 39.3 Å². The molecule has 23 heavy (non-hydrogen) atoms. The largest absolute Gasteiger partial charge is 0.343 e. The van der Waals surface area contributed by atoms with Crippen molar-refractivity contribution in [3.05, 3.63) is 0 Å². The van der Waals surface area contributed by atoms with Crippen molar-refractivity contribution < 1.29 is 9.59 Å². The van der Waals surface area contributed by atoms with E-state index in [1.54, 1.807) is 0 Å². The van der Waals surface area contributed by atoms with Crippen molar-refractivity contribution >= 4 is 24.2 Å². The molecule has 0 aromatic rings. The second-order valence-electron chi connectivity index (χ2n) is 7.19. The normalized spacial score (nSPS) is 22.1. The van der Waals surface area contributed by atoms with Crippen LogP contribution < -0.4 is 5.32 Å². The minimum absolute atomic E-state index is 0. The molecule has 0 spiro atoms. The summed E-state index contributed by atoms with van der Waals surface area (Å²) < 4.78 is 0. The summed E-state index contributed by atoms with van der Waals surface area (Å²) in [6.07, 6.45) is 7.60. The summed E-state index contributed by atoms with van der Waals surface area (Å²) in [5.74, 6) is 1.84. The Hall–Kier alpha value is -0.810. The molecule has 3 aliphatic rings. The Bertz CT molecular complexity index is 401. The molecular weight excluding hydrogens is 314 g/mol. The van der Waals surface area contributed by atoms with Crippen LogP contribution in [0.2, 0.25) is 0 Å². The third kappa shape index (κ3) is 5.64. The first-order chi connectivity index (χ1) is 10.7. The molecule has 3 fully saturated rings. The maximum absolute atomic E-state index is 12.2. The van der Waals surface area contributed by atoms with E-state index in [0.717, 1.165) is 64.3 Å². The Balaban J connectivity index is 0.00000192. The minimum Gasteiger partial charge on any atom is -0.343 e. The summed E-state index contributed by atoms with van der Waals surface area (Å²) in [5, 5.41) is 3.27.